The molecule has 198 valence electrons. The first kappa shape index (κ1) is 25.9. The Kier molecular flexibility index (Phi) is 7.12. The number of nitrogens with two attached hydrogens (primary N) is 1. The summed E-state index contributed by atoms with van der Waals surface area (Å²) in [7, 11) is 0. The number of nitro groups is 1. The van der Waals surface area contributed by atoms with Crippen LogP contribution in [0.15, 0.2) is 72.8 Å². The molecule has 3 aromatic carbocycles. The van der Waals surface area contributed by atoms with Crippen molar-refractivity contribution < 1.29 is 9.31 Å². The van der Waals surface area contributed by atoms with Gasteiger partial charge in [0.15, 0.2) is 0 Å². The van der Waals surface area contributed by atoms with E-state index in [0.29, 0.717) is 43.1 Å². The zero-order valence-electron chi connectivity index (χ0n) is 21.2. The zero-order valence-corrected chi connectivity index (χ0v) is 21.2. The molecule has 0 atom stereocenters. The number of hydrogen-bond donors (Lipinski definition) is 1. The Morgan fingerprint density at radius 1 is 0.975 bits per heavy atom. The zero-order chi connectivity index (χ0) is 28.2. The van der Waals surface area contributed by atoms with Crippen LogP contribution in [0.5, 0.6) is 0 Å². The van der Waals surface area contributed by atoms with Gasteiger partial charge < -0.3 is 15.5 Å². The number of nitriles is 2. The van der Waals surface area contributed by atoms with Gasteiger partial charge in [-0.2, -0.15) is 15.6 Å². The Labute approximate surface area is 229 Å². The predicted octanol–water partition coefficient (Wildman–Crippen LogP) is 4.76. The van der Waals surface area contributed by atoms with Crippen LogP contribution in [-0.2, 0) is 0 Å². The second-order valence-corrected chi connectivity index (χ2v) is 9.09. The fraction of sp³-hybridized carbons (Fsp3) is 0.138. The van der Waals surface area contributed by atoms with Crippen LogP contribution < -0.4 is 15.5 Å². The van der Waals surface area contributed by atoms with Crippen molar-refractivity contribution in [3.63, 3.8) is 0 Å². The lowest BCUT2D eigenvalue weighted by atomic mass is 10.0. The molecule has 1 aliphatic heterocycles. The molecular weight excluding hydrogens is 511 g/mol. The summed E-state index contributed by atoms with van der Waals surface area (Å²) in [5.74, 6) is -0.213. The molecule has 11 heteroatoms. The molecule has 0 amide bonds. The number of nitrogens with zero attached hydrogens (tertiary/aromatic N) is 7. The SMILES string of the molecule is N#CC(=Cc1ccc(N2CCN(c3ccc(F)cc3)CC2)c([N+](=O)[O-])c1)c1nn(-c2ccccc2)c(N)c1C#N. The molecule has 2 heterocycles. The minimum absolute atomic E-state index is 0.0433. The van der Waals surface area contributed by atoms with Gasteiger partial charge in [0, 0.05) is 37.9 Å². The Bertz CT molecular complexity index is 1680. The van der Waals surface area contributed by atoms with E-state index in [9.17, 15) is 25.0 Å². The van der Waals surface area contributed by atoms with Gasteiger partial charge in [0.25, 0.3) is 5.69 Å². The van der Waals surface area contributed by atoms with Crippen LogP contribution in [-0.4, -0.2) is 40.9 Å². The third-order valence-electron chi connectivity index (χ3n) is 6.73. The number of nitrogen functional groups attached to an aromatic ring is 1. The second-order valence-electron chi connectivity index (χ2n) is 9.09. The molecule has 40 heavy (non-hydrogen) atoms. The average molecular weight is 535 g/mol. The number of nitro benzene ring substituents is 1. The molecule has 0 unspecified atom stereocenters. The number of anilines is 3. The largest absolute Gasteiger partial charge is 0.382 e. The summed E-state index contributed by atoms with van der Waals surface area (Å²) in [6, 6.07) is 24.1. The van der Waals surface area contributed by atoms with Gasteiger partial charge in [-0.3, -0.25) is 10.1 Å². The second kappa shape index (κ2) is 11.0. The third-order valence-corrected chi connectivity index (χ3v) is 6.73. The normalized spacial score (nSPS) is 13.5. The van der Waals surface area contributed by atoms with Crippen molar-refractivity contribution in [2.45, 2.75) is 0 Å². The Hall–Kier alpha value is -5.68. The molecule has 0 spiro atoms. The van der Waals surface area contributed by atoms with E-state index in [-0.39, 0.29) is 34.2 Å². The van der Waals surface area contributed by atoms with Gasteiger partial charge in [-0.25, -0.2) is 9.07 Å². The maximum Gasteiger partial charge on any atom is 0.293 e. The standard InChI is InChI=1S/C29H23FN8O2/c30-22-7-9-23(10-8-22)35-12-14-36(15-13-35)26-11-6-20(17-27(26)38(39)40)16-21(18-31)28-25(19-32)29(33)37(34-28)24-4-2-1-3-5-24/h1-11,16-17H,12-15,33H2. The summed E-state index contributed by atoms with van der Waals surface area (Å²) in [4.78, 5) is 15.6. The number of aromatic nitrogens is 2. The highest BCUT2D eigenvalue weighted by Crippen LogP contribution is 2.33. The first-order valence-electron chi connectivity index (χ1n) is 12.4. The van der Waals surface area contributed by atoms with Crippen LogP contribution in [0.2, 0.25) is 0 Å². The van der Waals surface area contributed by atoms with Gasteiger partial charge in [0.1, 0.15) is 40.7 Å². The quantitative estimate of drug-likeness (QED) is 0.212. The fourth-order valence-electron chi connectivity index (χ4n) is 4.72. The lowest BCUT2D eigenvalue weighted by molar-refractivity contribution is -0.384. The number of hydrogen-bond acceptors (Lipinski definition) is 8. The molecule has 0 bridgehead atoms. The molecule has 2 N–H and O–H groups in total. The van der Waals surface area contributed by atoms with Crippen molar-refractivity contribution in [3.05, 3.63) is 106 Å². The van der Waals surface area contributed by atoms with Crippen LogP contribution in [0.4, 0.5) is 27.3 Å². The Morgan fingerprint density at radius 3 is 2.27 bits per heavy atom. The van der Waals surface area contributed by atoms with Gasteiger partial charge in [-0.05, 0) is 54.1 Å². The minimum atomic E-state index is -0.451. The summed E-state index contributed by atoms with van der Waals surface area (Å²) in [5, 5.41) is 36.1. The molecule has 0 saturated carbocycles. The van der Waals surface area contributed by atoms with Crippen molar-refractivity contribution in [1.82, 2.24) is 9.78 Å². The number of para-hydroxylation sites is 1. The molecule has 1 aromatic heterocycles. The van der Waals surface area contributed by atoms with E-state index in [1.54, 1.807) is 48.5 Å². The molecular formula is C29H23FN8O2. The van der Waals surface area contributed by atoms with Crippen molar-refractivity contribution in [3.8, 4) is 17.8 Å². The Morgan fingerprint density at radius 2 is 1.65 bits per heavy atom. The number of rotatable bonds is 6. The molecule has 1 aliphatic rings. The highest BCUT2D eigenvalue weighted by molar-refractivity contribution is 5.92. The van der Waals surface area contributed by atoms with Crippen LogP contribution in [0.1, 0.15) is 16.8 Å². The van der Waals surface area contributed by atoms with E-state index < -0.39 is 4.92 Å². The van der Waals surface area contributed by atoms with Crippen LogP contribution in [0.25, 0.3) is 17.3 Å². The lowest BCUT2D eigenvalue weighted by Crippen LogP contribution is -2.46. The highest BCUT2D eigenvalue weighted by atomic mass is 19.1. The first-order valence-corrected chi connectivity index (χ1v) is 12.4. The number of halogens is 1. The maximum absolute atomic E-state index is 13.3. The molecule has 1 fully saturated rings. The van der Waals surface area contributed by atoms with E-state index in [4.69, 9.17) is 5.73 Å². The maximum atomic E-state index is 13.3. The molecule has 4 aromatic rings. The fourth-order valence-corrected chi connectivity index (χ4v) is 4.72. The average Bonchev–Trinajstić information content (AvgIpc) is 3.32. The van der Waals surface area contributed by atoms with E-state index in [1.807, 2.05) is 17.0 Å². The topological polar surface area (TPSA) is 141 Å². The van der Waals surface area contributed by atoms with Crippen molar-refractivity contribution in [2.24, 2.45) is 0 Å². The Balaban J connectivity index is 1.43. The third kappa shape index (κ3) is 5.04. The van der Waals surface area contributed by atoms with Crippen LogP contribution in [0.3, 0.4) is 0 Å². The van der Waals surface area contributed by atoms with E-state index in [2.05, 4.69) is 16.1 Å². The van der Waals surface area contributed by atoms with Gasteiger partial charge in [0.2, 0.25) is 0 Å². The van der Waals surface area contributed by atoms with Gasteiger partial charge in [0.05, 0.1) is 16.2 Å². The van der Waals surface area contributed by atoms with Crippen LogP contribution in [0, 0.1) is 38.6 Å². The van der Waals surface area contributed by atoms with Gasteiger partial charge in [-0.15, -0.1) is 0 Å². The smallest absolute Gasteiger partial charge is 0.293 e. The van der Waals surface area contributed by atoms with E-state index >= 15 is 0 Å². The number of piperazine rings is 1. The number of benzene rings is 3. The highest BCUT2D eigenvalue weighted by Gasteiger charge is 2.25. The molecule has 5 rings (SSSR count). The first-order chi connectivity index (χ1) is 19.4. The van der Waals surface area contributed by atoms with Crippen molar-refractivity contribution >= 4 is 34.5 Å². The van der Waals surface area contributed by atoms with Crippen molar-refractivity contribution in [1.29, 1.82) is 10.5 Å². The van der Waals surface area contributed by atoms with E-state index in [1.165, 1.54) is 29.0 Å². The lowest BCUT2D eigenvalue weighted by Gasteiger charge is -2.37. The number of allylic oxidation sites excluding steroid dienone is 1. The minimum Gasteiger partial charge on any atom is -0.382 e. The van der Waals surface area contributed by atoms with Gasteiger partial charge in [-0.1, -0.05) is 24.3 Å². The summed E-state index contributed by atoms with van der Waals surface area (Å²) < 4.78 is 14.7. The van der Waals surface area contributed by atoms with Crippen LogP contribution >= 0.6 is 0 Å². The summed E-state index contributed by atoms with van der Waals surface area (Å²) in [6.45, 7) is 2.31. The summed E-state index contributed by atoms with van der Waals surface area (Å²) >= 11 is 0. The van der Waals surface area contributed by atoms with Gasteiger partial charge >= 0.3 is 0 Å². The summed E-state index contributed by atoms with van der Waals surface area (Å²) in [5.41, 5.74) is 8.66. The van der Waals surface area contributed by atoms with E-state index in [0.717, 1.165) is 5.69 Å². The van der Waals surface area contributed by atoms with Crippen molar-refractivity contribution in [2.75, 3.05) is 41.7 Å². The molecule has 0 aliphatic carbocycles. The monoisotopic (exact) mass is 534 g/mol. The molecule has 0 radical (unpaired) electrons. The molecule has 10 nitrogen and oxygen atoms in total. The predicted molar refractivity (Wildman–Crippen MR) is 150 cm³/mol. The molecule has 1 saturated heterocycles. The summed E-state index contributed by atoms with van der Waals surface area (Å²) in [6.07, 6.45) is 1.46.